The van der Waals surface area contributed by atoms with Crippen LogP contribution in [0.15, 0.2) is 28.0 Å². The number of ether oxygens (including phenoxy) is 1. The maximum atomic E-state index is 13.5. The maximum Gasteiger partial charge on any atom is 0.267 e. The van der Waals surface area contributed by atoms with Crippen molar-refractivity contribution in [2.75, 3.05) is 24.5 Å². The zero-order chi connectivity index (χ0) is 22.3. The first-order valence-electron chi connectivity index (χ1n) is 10.5. The molecule has 0 spiro atoms. The summed E-state index contributed by atoms with van der Waals surface area (Å²) in [5.74, 6) is 0.428. The Balaban J connectivity index is 1.88. The molecule has 9 heteroatoms. The topological polar surface area (TPSA) is 67.2 Å². The van der Waals surface area contributed by atoms with Crippen molar-refractivity contribution >= 4 is 51.7 Å². The molecule has 2 aliphatic heterocycles. The van der Waals surface area contributed by atoms with E-state index in [1.165, 1.54) is 11.8 Å². The SMILES string of the molecule is CCCN1C(=O)/C(=C\c2c(N3CC(C)OC(C)C3)nc3ccc(C)cn3c2=O)SC1=S. The molecule has 164 valence electrons. The van der Waals surface area contributed by atoms with E-state index in [0.29, 0.717) is 45.9 Å². The summed E-state index contributed by atoms with van der Waals surface area (Å²) in [7, 11) is 0. The van der Waals surface area contributed by atoms with Crippen molar-refractivity contribution in [2.24, 2.45) is 0 Å². The Hall–Kier alpha value is -2.23. The van der Waals surface area contributed by atoms with Gasteiger partial charge in [0.25, 0.3) is 11.5 Å². The molecule has 2 aromatic heterocycles. The van der Waals surface area contributed by atoms with E-state index in [1.807, 2.05) is 39.8 Å². The molecule has 4 heterocycles. The Kier molecular flexibility index (Phi) is 6.18. The quantitative estimate of drug-likeness (QED) is 0.515. The van der Waals surface area contributed by atoms with Gasteiger partial charge in [0.05, 0.1) is 22.7 Å². The van der Waals surface area contributed by atoms with Crippen molar-refractivity contribution in [3.05, 3.63) is 44.7 Å². The van der Waals surface area contributed by atoms with E-state index in [4.69, 9.17) is 21.9 Å². The molecule has 0 saturated carbocycles. The number of thioether (sulfide) groups is 1. The van der Waals surface area contributed by atoms with Gasteiger partial charge in [-0.25, -0.2) is 4.98 Å². The molecule has 2 aromatic rings. The van der Waals surface area contributed by atoms with Crippen LogP contribution in [0.3, 0.4) is 0 Å². The van der Waals surface area contributed by atoms with Crippen LogP contribution in [-0.4, -0.2) is 56.4 Å². The second-order valence-corrected chi connectivity index (χ2v) is 9.76. The fourth-order valence-corrected chi connectivity index (χ4v) is 5.30. The first-order chi connectivity index (χ1) is 14.8. The largest absolute Gasteiger partial charge is 0.372 e. The van der Waals surface area contributed by atoms with Gasteiger partial charge in [-0.15, -0.1) is 0 Å². The summed E-state index contributed by atoms with van der Waals surface area (Å²) in [6, 6.07) is 3.78. The lowest BCUT2D eigenvalue weighted by atomic mass is 10.1. The maximum absolute atomic E-state index is 13.5. The van der Waals surface area contributed by atoms with Gasteiger partial charge >= 0.3 is 0 Å². The minimum absolute atomic E-state index is 0.0117. The molecule has 2 saturated heterocycles. The van der Waals surface area contributed by atoms with Gasteiger partial charge in [0, 0.05) is 25.8 Å². The minimum atomic E-state index is -0.198. The third-order valence-electron chi connectivity index (χ3n) is 5.30. The molecule has 2 aliphatic rings. The van der Waals surface area contributed by atoms with E-state index in [-0.39, 0.29) is 23.7 Å². The van der Waals surface area contributed by atoms with Crippen LogP contribution >= 0.6 is 24.0 Å². The summed E-state index contributed by atoms with van der Waals surface area (Å²) in [5.41, 5.74) is 1.74. The number of fused-ring (bicyclic) bond motifs is 1. The predicted molar refractivity (Wildman–Crippen MR) is 129 cm³/mol. The number of hydrogen-bond donors (Lipinski definition) is 0. The van der Waals surface area contributed by atoms with Gasteiger partial charge in [0.1, 0.15) is 15.8 Å². The minimum Gasteiger partial charge on any atom is -0.372 e. The van der Waals surface area contributed by atoms with Crippen LogP contribution in [0.4, 0.5) is 5.82 Å². The molecule has 2 fully saturated rings. The van der Waals surface area contributed by atoms with Crippen LogP contribution in [0.25, 0.3) is 11.7 Å². The molecule has 2 atom stereocenters. The summed E-state index contributed by atoms with van der Waals surface area (Å²) in [6.45, 7) is 9.77. The Morgan fingerprint density at radius 1 is 1.26 bits per heavy atom. The standard InChI is InChI=1S/C22H26N4O3S2/c1-5-8-25-21(28)17(31-22(25)30)9-16-19(24-11-14(3)29-15(4)12-24)23-18-7-6-13(2)10-26(18)20(16)27/h6-7,9-10,14-15H,5,8,11-12H2,1-4H3/b17-9+. The van der Waals surface area contributed by atoms with E-state index in [9.17, 15) is 9.59 Å². The monoisotopic (exact) mass is 458 g/mol. The van der Waals surface area contributed by atoms with Crippen molar-refractivity contribution in [3.8, 4) is 0 Å². The molecule has 0 radical (unpaired) electrons. The van der Waals surface area contributed by atoms with Gasteiger partial charge in [-0.3, -0.25) is 18.9 Å². The number of amides is 1. The number of carbonyl (C=O) groups excluding carboxylic acids is 1. The zero-order valence-corrected chi connectivity index (χ0v) is 19.8. The van der Waals surface area contributed by atoms with Crippen molar-refractivity contribution in [3.63, 3.8) is 0 Å². The number of aromatic nitrogens is 2. The van der Waals surface area contributed by atoms with Crippen LogP contribution in [-0.2, 0) is 9.53 Å². The Bertz CT molecular complexity index is 1130. The number of carbonyl (C=O) groups is 1. The normalized spacial score (nSPS) is 23.4. The molecule has 0 bridgehead atoms. The average molecular weight is 459 g/mol. The second kappa shape index (κ2) is 8.72. The number of morpholine rings is 1. The number of rotatable bonds is 4. The first kappa shape index (κ1) is 22.0. The highest BCUT2D eigenvalue weighted by Gasteiger charge is 2.33. The van der Waals surface area contributed by atoms with Gasteiger partial charge in [0.2, 0.25) is 0 Å². The lowest BCUT2D eigenvalue weighted by molar-refractivity contribution is -0.122. The lowest BCUT2D eigenvalue weighted by Crippen LogP contribution is -2.46. The molecule has 1 amide bonds. The Morgan fingerprint density at radius 3 is 2.65 bits per heavy atom. The number of hydrogen-bond acceptors (Lipinski definition) is 7. The van der Waals surface area contributed by atoms with Crippen molar-refractivity contribution in [1.29, 1.82) is 0 Å². The summed E-state index contributed by atoms with van der Waals surface area (Å²) < 4.78 is 7.94. The fraction of sp³-hybridized carbons (Fsp3) is 0.455. The Morgan fingerprint density at radius 2 is 1.97 bits per heavy atom. The van der Waals surface area contributed by atoms with E-state index in [1.54, 1.807) is 21.6 Å². The van der Waals surface area contributed by atoms with E-state index >= 15 is 0 Å². The van der Waals surface area contributed by atoms with Gasteiger partial charge in [-0.05, 0) is 44.9 Å². The molecule has 4 rings (SSSR count). The van der Waals surface area contributed by atoms with Crippen molar-refractivity contribution < 1.29 is 9.53 Å². The zero-order valence-electron chi connectivity index (χ0n) is 18.1. The molecule has 0 aromatic carbocycles. The number of anilines is 1. The van der Waals surface area contributed by atoms with Crippen LogP contribution in [0, 0.1) is 6.92 Å². The van der Waals surface area contributed by atoms with Gasteiger partial charge < -0.3 is 9.64 Å². The van der Waals surface area contributed by atoms with Crippen LogP contribution in [0.5, 0.6) is 0 Å². The Labute approximate surface area is 191 Å². The number of aryl methyl sites for hydroxylation is 1. The highest BCUT2D eigenvalue weighted by Crippen LogP contribution is 2.34. The van der Waals surface area contributed by atoms with Gasteiger partial charge in [-0.2, -0.15) is 0 Å². The third-order valence-corrected chi connectivity index (χ3v) is 6.68. The number of thiocarbonyl (C=S) groups is 1. The average Bonchev–Trinajstić information content (AvgIpc) is 2.97. The predicted octanol–water partition coefficient (Wildman–Crippen LogP) is 3.23. The van der Waals surface area contributed by atoms with E-state index in [0.717, 1.165) is 12.0 Å². The summed E-state index contributed by atoms with van der Waals surface area (Å²) >= 11 is 6.63. The molecular weight excluding hydrogens is 432 g/mol. The molecular formula is C22H26N4O3S2. The van der Waals surface area contributed by atoms with E-state index in [2.05, 4.69) is 4.90 Å². The molecule has 0 aliphatic carbocycles. The molecule has 7 nitrogen and oxygen atoms in total. The van der Waals surface area contributed by atoms with Crippen LogP contribution in [0.1, 0.15) is 38.3 Å². The molecule has 2 unspecified atom stereocenters. The lowest BCUT2D eigenvalue weighted by Gasteiger charge is -2.36. The number of nitrogens with zero attached hydrogens (tertiary/aromatic N) is 4. The highest BCUT2D eigenvalue weighted by atomic mass is 32.2. The summed E-state index contributed by atoms with van der Waals surface area (Å²) in [5, 5.41) is 0. The fourth-order valence-electron chi connectivity index (χ4n) is 4.01. The summed E-state index contributed by atoms with van der Waals surface area (Å²) in [6.07, 6.45) is 4.28. The third kappa shape index (κ3) is 4.26. The summed E-state index contributed by atoms with van der Waals surface area (Å²) in [4.78, 5) is 35.4. The van der Waals surface area contributed by atoms with Crippen LogP contribution < -0.4 is 10.5 Å². The van der Waals surface area contributed by atoms with Crippen LogP contribution in [0.2, 0.25) is 0 Å². The first-order valence-corrected chi connectivity index (χ1v) is 11.7. The van der Waals surface area contributed by atoms with Crippen molar-refractivity contribution in [2.45, 2.75) is 46.3 Å². The molecule has 31 heavy (non-hydrogen) atoms. The smallest absolute Gasteiger partial charge is 0.267 e. The number of pyridine rings is 1. The second-order valence-electron chi connectivity index (χ2n) is 8.08. The van der Waals surface area contributed by atoms with Gasteiger partial charge in [-0.1, -0.05) is 37.0 Å². The van der Waals surface area contributed by atoms with Crippen molar-refractivity contribution in [1.82, 2.24) is 14.3 Å². The highest BCUT2D eigenvalue weighted by molar-refractivity contribution is 8.26. The van der Waals surface area contributed by atoms with E-state index < -0.39 is 0 Å². The van der Waals surface area contributed by atoms with Gasteiger partial charge in [0.15, 0.2) is 0 Å². The molecule has 0 N–H and O–H groups in total.